The molecule has 0 saturated carbocycles. The van der Waals surface area contributed by atoms with Crippen molar-refractivity contribution in [1.82, 2.24) is 5.43 Å². The topological polar surface area (TPSA) is 101 Å². The zero-order valence-corrected chi connectivity index (χ0v) is 6.17. The van der Waals surface area contributed by atoms with Crippen molar-refractivity contribution in [2.45, 2.75) is 6.54 Å². The van der Waals surface area contributed by atoms with Crippen LogP contribution in [0.25, 0.3) is 0 Å². The average molecular weight is 158 g/mol. The molecule has 1 rings (SSSR count). The molecule has 0 aliphatic heterocycles. The van der Waals surface area contributed by atoms with Crippen LogP contribution in [0.5, 0.6) is 0 Å². The lowest BCUT2D eigenvalue weighted by Crippen LogP contribution is -2.20. The Morgan fingerprint density at radius 1 is 1.09 bits per heavy atom. The lowest BCUT2D eigenvalue weighted by atomic mass is 10.2. The normalized spacial score (nSPS) is 7.73. The summed E-state index contributed by atoms with van der Waals surface area (Å²) in [5.41, 5.74) is 3.79. The second kappa shape index (κ2) is 7.17. The molecule has 1 aromatic rings. The molecule has 1 aromatic carbocycles. The van der Waals surface area contributed by atoms with Crippen LogP contribution in [0.2, 0.25) is 0 Å². The number of nitrogens with two attached hydrogens (primary N) is 1. The molecule has 4 nitrogen and oxygen atoms in total. The Morgan fingerprint density at radius 2 is 1.64 bits per heavy atom. The third-order valence-electron chi connectivity index (χ3n) is 1.15. The number of hydrogen-bond acceptors (Lipinski definition) is 2. The van der Waals surface area contributed by atoms with E-state index in [0.29, 0.717) is 0 Å². The minimum absolute atomic E-state index is 0. The standard InChI is InChI=1S/C7H10N2.2H2O/c8-9-6-7-4-2-1-3-5-7;;/h1-5,9H,6,8H2;2*1H2. The molecule has 4 heteroatoms. The maximum absolute atomic E-state index is 5.11. The largest absolute Gasteiger partial charge is 0.412 e. The fourth-order valence-electron chi connectivity index (χ4n) is 0.714. The molecule has 64 valence electrons. The molecule has 11 heavy (non-hydrogen) atoms. The summed E-state index contributed by atoms with van der Waals surface area (Å²) in [5, 5.41) is 0. The molecule has 0 heterocycles. The van der Waals surface area contributed by atoms with Gasteiger partial charge < -0.3 is 11.0 Å². The molecular weight excluding hydrogens is 144 g/mol. The van der Waals surface area contributed by atoms with E-state index in [1.54, 1.807) is 0 Å². The molecule has 0 saturated heterocycles. The van der Waals surface area contributed by atoms with Gasteiger partial charge in [-0.25, -0.2) is 0 Å². The highest BCUT2D eigenvalue weighted by molar-refractivity contribution is 5.13. The number of rotatable bonds is 2. The number of hydrazine groups is 1. The molecule has 0 aliphatic rings. The molecule has 0 fully saturated rings. The molecule has 0 atom stereocenters. The number of nitrogens with one attached hydrogen (secondary N) is 1. The summed E-state index contributed by atoms with van der Waals surface area (Å²) in [6.07, 6.45) is 0. The molecular formula is C7H14N2O2. The van der Waals surface area contributed by atoms with Gasteiger partial charge in [0.25, 0.3) is 0 Å². The second-order valence-corrected chi connectivity index (χ2v) is 1.87. The Bertz CT molecular complexity index is 167. The Hall–Kier alpha value is -0.940. The highest BCUT2D eigenvalue weighted by Crippen LogP contribution is 1.95. The SMILES string of the molecule is NNCc1ccccc1.O.O. The van der Waals surface area contributed by atoms with Crippen LogP contribution in [-0.4, -0.2) is 11.0 Å². The van der Waals surface area contributed by atoms with Crippen LogP contribution in [0.3, 0.4) is 0 Å². The van der Waals surface area contributed by atoms with E-state index in [0.717, 1.165) is 6.54 Å². The van der Waals surface area contributed by atoms with Gasteiger partial charge in [-0.05, 0) is 5.56 Å². The molecule has 7 N–H and O–H groups in total. The van der Waals surface area contributed by atoms with E-state index in [4.69, 9.17) is 5.84 Å². The first-order chi connectivity index (χ1) is 4.43. The van der Waals surface area contributed by atoms with Crippen molar-refractivity contribution in [2.75, 3.05) is 0 Å². The third-order valence-corrected chi connectivity index (χ3v) is 1.15. The molecule has 0 aromatic heterocycles. The van der Waals surface area contributed by atoms with Crippen LogP contribution in [-0.2, 0) is 6.54 Å². The number of benzene rings is 1. The summed E-state index contributed by atoms with van der Waals surface area (Å²) in [6.45, 7) is 0.737. The van der Waals surface area contributed by atoms with Crippen LogP contribution in [0.1, 0.15) is 5.56 Å². The van der Waals surface area contributed by atoms with Gasteiger partial charge in [-0.1, -0.05) is 30.3 Å². The van der Waals surface area contributed by atoms with Crippen LogP contribution in [0.4, 0.5) is 0 Å². The van der Waals surface area contributed by atoms with Crippen molar-refractivity contribution >= 4 is 0 Å². The predicted octanol–water partition coefficient (Wildman–Crippen LogP) is -1.000. The van der Waals surface area contributed by atoms with Crippen LogP contribution >= 0.6 is 0 Å². The van der Waals surface area contributed by atoms with Crippen molar-refractivity contribution in [1.29, 1.82) is 0 Å². The summed E-state index contributed by atoms with van der Waals surface area (Å²) < 4.78 is 0. The third kappa shape index (κ3) is 4.46. The van der Waals surface area contributed by atoms with E-state index in [9.17, 15) is 0 Å². The molecule has 0 spiro atoms. The summed E-state index contributed by atoms with van der Waals surface area (Å²) in [6, 6.07) is 10.0. The maximum atomic E-state index is 5.11. The van der Waals surface area contributed by atoms with Gasteiger partial charge in [0, 0.05) is 6.54 Å². The summed E-state index contributed by atoms with van der Waals surface area (Å²) in [4.78, 5) is 0. The van der Waals surface area contributed by atoms with E-state index in [1.165, 1.54) is 5.56 Å². The summed E-state index contributed by atoms with van der Waals surface area (Å²) >= 11 is 0. The first-order valence-corrected chi connectivity index (χ1v) is 2.91. The zero-order chi connectivity index (χ0) is 6.53. The van der Waals surface area contributed by atoms with Gasteiger partial charge in [-0.2, -0.15) is 0 Å². The highest BCUT2D eigenvalue weighted by Gasteiger charge is 1.83. The van der Waals surface area contributed by atoms with Gasteiger partial charge in [0.15, 0.2) is 0 Å². The Morgan fingerprint density at radius 3 is 2.09 bits per heavy atom. The van der Waals surface area contributed by atoms with E-state index < -0.39 is 0 Å². The van der Waals surface area contributed by atoms with Crippen LogP contribution in [0.15, 0.2) is 30.3 Å². The Labute approximate surface area is 65.6 Å². The van der Waals surface area contributed by atoms with E-state index >= 15 is 0 Å². The quantitative estimate of drug-likeness (QED) is 0.426. The van der Waals surface area contributed by atoms with Crippen LogP contribution in [0, 0.1) is 0 Å². The summed E-state index contributed by atoms with van der Waals surface area (Å²) in [7, 11) is 0. The van der Waals surface area contributed by atoms with Crippen molar-refractivity contribution in [3.8, 4) is 0 Å². The minimum Gasteiger partial charge on any atom is -0.412 e. The molecule has 0 amide bonds. The Balaban J connectivity index is 0. The van der Waals surface area contributed by atoms with E-state index in [-0.39, 0.29) is 11.0 Å². The van der Waals surface area contributed by atoms with Crippen molar-refractivity contribution in [3.63, 3.8) is 0 Å². The predicted molar refractivity (Wildman–Crippen MR) is 44.7 cm³/mol. The fourth-order valence-corrected chi connectivity index (χ4v) is 0.714. The highest BCUT2D eigenvalue weighted by atomic mass is 16.0. The monoisotopic (exact) mass is 158 g/mol. The first kappa shape index (κ1) is 12.7. The van der Waals surface area contributed by atoms with Crippen molar-refractivity contribution in [2.24, 2.45) is 5.84 Å². The van der Waals surface area contributed by atoms with Gasteiger partial charge in [0.2, 0.25) is 0 Å². The zero-order valence-electron chi connectivity index (χ0n) is 6.17. The van der Waals surface area contributed by atoms with Crippen LogP contribution < -0.4 is 11.3 Å². The first-order valence-electron chi connectivity index (χ1n) is 2.91. The molecule has 0 bridgehead atoms. The average Bonchev–Trinajstić information content (AvgIpc) is 1.91. The van der Waals surface area contributed by atoms with E-state index in [2.05, 4.69) is 5.43 Å². The van der Waals surface area contributed by atoms with Crippen molar-refractivity contribution in [3.05, 3.63) is 35.9 Å². The second-order valence-electron chi connectivity index (χ2n) is 1.87. The minimum atomic E-state index is 0. The van der Waals surface area contributed by atoms with Crippen molar-refractivity contribution < 1.29 is 11.0 Å². The smallest absolute Gasteiger partial charge is 0.0348 e. The van der Waals surface area contributed by atoms with E-state index in [1.807, 2.05) is 30.3 Å². The van der Waals surface area contributed by atoms with Gasteiger partial charge in [0.1, 0.15) is 0 Å². The molecule has 0 unspecified atom stereocenters. The Kier molecular flexibility index (Phi) is 8.29. The van der Waals surface area contributed by atoms with Gasteiger partial charge in [0.05, 0.1) is 0 Å². The molecule has 0 radical (unpaired) electrons. The van der Waals surface area contributed by atoms with Gasteiger partial charge in [-0.3, -0.25) is 11.3 Å². The number of hydrogen-bond donors (Lipinski definition) is 2. The lowest BCUT2D eigenvalue weighted by molar-refractivity contribution is 0.741. The lowest BCUT2D eigenvalue weighted by Gasteiger charge is -1.95. The van der Waals surface area contributed by atoms with Gasteiger partial charge >= 0.3 is 0 Å². The fraction of sp³-hybridized carbons (Fsp3) is 0.143. The maximum Gasteiger partial charge on any atom is 0.0348 e. The molecule has 0 aliphatic carbocycles. The summed E-state index contributed by atoms with van der Waals surface area (Å²) in [5.74, 6) is 5.11. The van der Waals surface area contributed by atoms with Gasteiger partial charge in [-0.15, -0.1) is 0 Å².